The smallest absolute Gasteiger partial charge is 0.240 e. The Balaban J connectivity index is 1.39. The zero-order valence-electron chi connectivity index (χ0n) is 22.2. The summed E-state index contributed by atoms with van der Waals surface area (Å²) in [6.45, 7) is 6.74. The van der Waals surface area contributed by atoms with Crippen molar-refractivity contribution in [2.45, 2.75) is 63.7 Å². The van der Waals surface area contributed by atoms with Gasteiger partial charge in [-0.3, -0.25) is 0 Å². The first-order chi connectivity index (χ1) is 17.9. The Bertz CT molecular complexity index is 1300. The fraction of sp³-hybridized carbons (Fsp3) is 0.400. The molecule has 3 aromatic carbocycles. The summed E-state index contributed by atoms with van der Waals surface area (Å²) in [6, 6.07) is 20.1. The molecule has 3 aromatic rings. The van der Waals surface area contributed by atoms with Crippen molar-refractivity contribution in [1.29, 1.82) is 0 Å². The van der Waals surface area contributed by atoms with Crippen LogP contribution in [-0.2, 0) is 22.9 Å². The highest BCUT2D eigenvalue weighted by Gasteiger charge is 2.20. The second kappa shape index (κ2) is 12.5. The van der Waals surface area contributed by atoms with Gasteiger partial charge in [0.25, 0.3) is 0 Å². The van der Waals surface area contributed by atoms with Crippen LogP contribution in [0.5, 0.6) is 11.5 Å². The Kier molecular flexibility index (Phi) is 9.11. The molecule has 37 heavy (non-hydrogen) atoms. The summed E-state index contributed by atoms with van der Waals surface area (Å²) in [6.07, 6.45) is 7.88. The van der Waals surface area contributed by atoms with Gasteiger partial charge in [-0.25, -0.2) is 13.1 Å². The number of anilines is 3. The van der Waals surface area contributed by atoms with Crippen LogP contribution in [0.25, 0.3) is 0 Å². The van der Waals surface area contributed by atoms with E-state index in [1.807, 2.05) is 6.07 Å². The van der Waals surface area contributed by atoms with Gasteiger partial charge >= 0.3 is 0 Å². The number of hydrogen-bond donors (Lipinski definition) is 2. The van der Waals surface area contributed by atoms with Gasteiger partial charge in [-0.2, -0.15) is 0 Å². The number of sulfonamides is 1. The van der Waals surface area contributed by atoms with Crippen LogP contribution in [0.4, 0.5) is 17.1 Å². The van der Waals surface area contributed by atoms with Gasteiger partial charge in [0.2, 0.25) is 10.0 Å². The molecule has 1 heterocycles. The minimum Gasteiger partial charge on any atom is -0.453 e. The van der Waals surface area contributed by atoms with E-state index in [1.165, 1.54) is 49.5 Å². The maximum atomic E-state index is 12.2. The van der Waals surface area contributed by atoms with Crippen molar-refractivity contribution in [2.24, 2.45) is 0 Å². The molecule has 2 N–H and O–H groups in total. The van der Waals surface area contributed by atoms with Crippen molar-refractivity contribution in [1.82, 2.24) is 4.72 Å². The van der Waals surface area contributed by atoms with Gasteiger partial charge in [0.05, 0.1) is 16.3 Å². The molecular formula is C30H39N3O3S. The summed E-state index contributed by atoms with van der Waals surface area (Å²) in [4.78, 5) is 2.72. The summed E-state index contributed by atoms with van der Waals surface area (Å²) in [7, 11) is -2.13. The zero-order chi connectivity index (χ0) is 26.3. The standard InChI is InChI=1S/C30H39N3O3S/c1-4-6-18-33(19-7-5-2)25-13-9-12-23(20-25)10-8-11-24-14-16-27-29(21-24)36-30-22-26(37(34,35)31-3)15-17-28(30)32-27/h9,12-17,20-22,31-32H,4-8,10-11,18-19H2,1-3H3. The number of hydrogen-bond acceptors (Lipinski definition) is 5. The third kappa shape index (κ3) is 6.84. The number of benzene rings is 3. The van der Waals surface area contributed by atoms with E-state index in [-0.39, 0.29) is 4.90 Å². The fourth-order valence-corrected chi connectivity index (χ4v) is 5.37. The number of ether oxygens (including phenoxy) is 1. The first kappa shape index (κ1) is 27.0. The van der Waals surface area contributed by atoms with E-state index in [9.17, 15) is 8.42 Å². The molecule has 6 nitrogen and oxygen atoms in total. The summed E-state index contributed by atoms with van der Waals surface area (Å²) in [5.74, 6) is 1.22. The largest absolute Gasteiger partial charge is 0.453 e. The van der Waals surface area contributed by atoms with Crippen LogP contribution in [-0.4, -0.2) is 28.6 Å². The highest BCUT2D eigenvalue weighted by Crippen LogP contribution is 2.43. The third-order valence-electron chi connectivity index (χ3n) is 6.84. The van der Waals surface area contributed by atoms with E-state index in [2.05, 4.69) is 65.2 Å². The molecule has 198 valence electrons. The molecule has 4 rings (SSSR count). The maximum absolute atomic E-state index is 12.2. The SMILES string of the molecule is CCCCN(CCCC)c1cccc(CCCc2ccc3c(c2)Oc2cc(S(=O)(=O)NC)ccc2N3)c1. The van der Waals surface area contributed by atoms with Crippen molar-refractivity contribution in [2.75, 3.05) is 30.4 Å². The maximum Gasteiger partial charge on any atom is 0.240 e. The molecule has 0 radical (unpaired) electrons. The van der Waals surface area contributed by atoms with Gasteiger partial charge in [0.1, 0.15) is 0 Å². The number of nitrogens with one attached hydrogen (secondary N) is 2. The quantitative estimate of drug-likeness (QED) is 0.198. The van der Waals surface area contributed by atoms with Crippen LogP contribution in [0.1, 0.15) is 57.1 Å². The highest BCUT2D eigenvalue weighted by atomic mass is 32.2. The van der Waals surface area contributed by atoms with E-state index in [0.29, 0.717) is 11.5 Å². The first-order valence-corrected chi connectivity index (χ1v) is 14.9. The zero-order valence-corrected chi connectivity index (χ0v) is 23.0. The molecule has 0 bridgehead atoms. The Hall–Kier alpha value is -3.03. The topological polar surface area (TPSA) is 70.7 Å². The van der Waals surface area contributed by atoms with Crippen molar-refractivity contribution < 1.29 is 13.2 Å². The van der Waals surface area contributed by atoms with Crippen LogP contribution in [0.15, 0.2) is 65.6 Å². The molecule has 1 aliphatic rings. The Morgan fingerprint density at radius 3 is 2.14 bits per heavy atom. The van der Waals surface area contributed by atoms with Crippen LogP contribution in [0.2, 0.25) is 0 Å². The number of rotatable bonds is 13. The minimum atomic E-state index is -3.53. The number of nitrogens with zero attached hydrogens (tertiary/aromatic N) is 1. The molecule has 7 heteroatoms. The monoisotopic (exact) mass is 521 g/mol. The van der Waals surface area contributed by atoms with Crippen molar-refractivity contribution in [3.63, 3.8) is 0 Å². The normalized spacial score (nSPS) is 12.3. The van der Waals surface area contributed by atoms with Gasteiger partial charge in [-0.1, -0.05) is 44.9 Å². The molecule has 1 aliphatic heterocycles. The molecule has 0 atom stereocenters. The van der Waals surface area contributed by atoms with Gasteiger partial charge in [0.15, 0.2) is 11.5 Å². The molecule has 0 aliphatic carbocycles. The van der Waals surface area contributed by atoms with Crippen molar-refractivity contribution in [3.8, 4) is 11.5 Å². The Labute approximate surface area is 222 Å². The second-order valence-electron chi connectivity index (χ2n) is 9.64. The molecule has 0 saturated carbocycles. The van der Waals surface area contributed by atoms with Gasteiger partial charge in [-0.05, 0) is 86.7 Å². The van der Waals surface area contributed by atoms with Gasteiger partial charge in [-0.15, -0.1) is 0 Å². The second-order valence-corrected chi connectivity index (χ2v) is 11.5. The summed E-state index contributed by atoms with van der Waals surface area (Å²) in [5.41, 5.74) is 5.55. The average Bonchev–Trinajstić information content (AvgIpc) is 2.91. The predicted octanol–water partition coefficient (Wildman–Crippen LogP) is 7.03. The van der Waals surface area contributed by atoms with Crippen LogP contribution in [0, 0.1) is 0 Å². The van der Waals surface area contributed by atoms with E-state index in [0.717, 1.165) is 43.7 Å². The van der Waals surface area contributed by atoms with E-state index < -0.39 is 10.0 Å². The molecule has 0 spiro atoms. The molecule has 0 unspecified atom stereocenters. The molecule has 0 fully saturated rings. The molecule has 0 saturated heterocycles. The summed E-state index contributed by atoms with van der Waals surface area (Å²) >= 11 is 0. The van der Waals surface area contributed by atoms with Crippen LogP contribution >= 0.6 is 0 Å². The first-order valence-electron chi connectivity index (χ1n) is 13.4. The molecule has 0 amide bonds. The van der Waals surface area contributed by atoms with Crippen molar-refractivity contribution in [3.05, 3.63) is 71.8 Å². The number of aryl methyl sites for hydroxylation is 2. The van der Waals surface area contributed by atoms with E-state index >= 15 is 0 Å². The van der Waals surface area contributed by atoms with E-state index in [4.69, 9.17) is 4.74 Å². The fourth-order valence-electron chi connectivity index (χ4n) is 4.62. The summed E-state index contributed by atoms with van der Waals surface area (Å²) in [5, 5.41) is 3.35. The number of unbranched alkanes of at least 4 members (excludes halogenated alkanes) is 2. The Morgan fingerprint density at radius 1 is 0.811 bits per heavy atom. The Morgan fingerprint density at radius 2 is 1.46 bits per heavy atom. The summed E-state index contributed by atoms with van der Waals surface area (Å²) < 4.78 is 32.8. The third-order valence-corrected chi connectivity index (χ3v) is 8.25. The number of fused-ring (bicyclic) bond motifs is 2. The lowest BCUT2D eigenvalue weighted by Crippen LogP contribution is -2.25. The van der Waals surface area contributed by atoms with Crippen LogP contribution in [0.3, 0.4) is 0 Å². The van der Waals surface area contributed by atoms with E-state index in [1.54, 1.807) is 18.2 Å². The molecule has 0 aromatic heterocycles. The van der Waals surface area contributed by atoms with Gasteiger partial charge < -0.3 is 15.0 Å². The predicted molar refractivity (Wildman–Crippen MR) is 153 cm³/mol. The highest BCUT2D eigenvalue weighted by molar-refractivity contribution is 7.89. The average molecular weight is 522 g/mol. The lowest BCUT2D eigenvalue weighted by Gasteiger charge is -2.25. The lowest BCUT2D eigenvalue weighted by molar-refractivity contribution is 0.478. The molecular weight excluding hydrogens is 482 g/mol. The lowest BCUT2D eigenvalue weighted by atomic mass is 10.0. The minimum absolute atomic E-state index is 0.181. The van der Waals surface area contributed by atoms with Crippen LogP contribution < -0.4 is 19.7 Å². The van der Waals surface area contributed by atoms with Crippen molar-refractivity contribution >= 4 is 27.1 Å². The van der Waals surface area contributed by atoms with Gasteiger partial charge in [0, 0.05) is 24.8 Å².